The van der Waals surface area contributed by atoms with Crippen molar-refractivity contribution in [3.05, 3.63) is 102 Å². The highest BCUT2D eigenvalue weighted by molar-refractivity contribution is 5.92. The molecule has 3 aromatic carbocycles. The van der Waals surface area contributed by atoms with Crippen molar-refractivity contribution in [3.8, 4) is 5.75 Å². The molecule has 1 saturated carbocycles. The van der Waals surface area contributed by atoms with Gasteiger partial charge in [-0.2, -0.15) is 0 Å². The van der Waals surface area contributed by atoms with Gasteiger partial charge in [0.05, 0.1) is 5.92 Å². The Morgan fingerprint density at radius 2 is 1.61 bits per heavy atom. The van der Waals surface area contributed by atoms with E-state index in [2.05, 4.69) is 19.1 Å². The highest BCUT2D eigenvalue weighted by Gasteiger charge is 2.62. The summed E-state index contributed by atoms with van der Waals surface area (Å²) in [6, 6.07) is 23.1. The molecule has 5 rings (SSSR count). The zero-order valence-corrected chi connectivity index (χ0v) is 18.5. The third-order valence-corrected chi connectivity index (χ3v) is 6.99. The predicted molar refractivity (Wildman–Crippen MR) is 129 cm³/mol. The van der Waals surface area contributed by atoms with Crippen molar-refractivity contribution in [1.82, 2.24) is 0 Å². The van der Waals surface area contributed by atoms with Crippen LogP contribution in [0.1, 0.15) is 24.8 Å². The Kier molecular flexibility index (Phi) is 5.59. The molecule has 0 heterocycles. The molecule has 2 N–H and O–H groups in total. The number of hydrogen-bond donors (Lipinski definition) is 0. The zero-order valence-electron chi connectivity index (χ0n) is 18.5. The van der Waals surface area contributed by atoms with E-state index in [4.69, 9.17) is 9.84 Å². The third-order valence-electron chi connectivity index (χ3n) is 6.99. The first kappa shape index (κ1) is 21.2. The fraction of sp³-hybridized carbons (Fsp3) is 0.241. The lowest BCUT2D eigenvalue weighted by atomic mass is 9.52. The standard InChI is InChI=1S/C29H26O4/c1-18-14-16-21(17-15-18)25-26(28(30)31)24(20-9-3-2-4-10-20)27(25)29(32)33-23-13-7-11-19-8-5-6-12-22(19)23/h2-14,16-18,24-27H,15H2,1H3,(H,30,31)/p+1/t18?,24-,25-,26+,27+/m0/s1. The van der Waals surface area contributed by atoms with E-state index < -0.39 is 17.8 Å². The quantitative estimate of drug-likeness (QED) is 0.313. The van der Waals surface area contributed by atoms with Crippen LogP contribution in [-0.4, -0.2) is 17.0 Å². The van der Waals surface area contributed by atoms with Crippen LogP contribution < -0.4 is 4.74 Å². The van der Waals surface area contributed by atoms with E-state index in [0.29, 0.717) is 11.7 Å². The molecule has 33 heavy (non-hydrogen) atoms. The molecule has 4 nitrogen and oxygen atoms in total. The zero-order chi connectivity index (χ0) is 22.9. The molecule has 0 bridgehead atoms. The summed E-state index contributed by atoms with van der Waals surface area (Å²) in [5, 5.41) is 9.89. The first-order chi connectivity index (χ1) is 16.0. The summed E-state index contributed by atoms with van der Waals surface area (Å²) in [5.41, 5.74) is 1.86. The number of allylic oxidation sites excluding steroid dienone is 4. The van der Waals surface area contributed by atoms with E-state index in [-0.39, 0.29) is 17.8 Å². The number of fused-ring (bicyclic) bond motifs is 1. The molecular formula is C29H27O4+. The first-order valence-electron chi connectivity index (χ1n) is 11.4. The van der Waals surface area contributed by atoms with Gasteiger partial charge in [0, 0.05) is 22.0 Å². The lowest BCUT2D eigenvalue weighted by Gasteiger charge is -2.47. The number of esters is 1. The SMILES string of the molecule is CC1C=CC([C@H]2[C@H](C(=O)[OH2+])[C@H](c3ccccc3)[C@H]2C(=O)Oc2cccc3ccccc23)=CC1. The van der Waals surface area contributed by atoms with E-state index in [9.17, 15) is 9.59 Å². The van der Waals surface area contributed by atoms with Gasteiger partial charge in [0.25, 0.3) is 0 Å². The molecule has 1 unspecified atom stereocenters. The van der Waals surface area contributed by atoms with Crippen LogP contribution in [0.2, 0.25) is 0 Å². The Bertz CT molecular complexity index is 1250. The van der Waals surface area contributed by atoms with Crippen molar-refractivity contribution >= 4 is 22.7 Å². The number of hydrogen-bond acceptors (Lipinski definition) is 3. The van der Waals surface area contributed by atoms with Crippen LogP contribution in [0.25, 0.3) is 10.8 Å². The Labute approximate surface area is 193 Å². The van der Waals surface area contributed by atoms with Crippen molar-refractivity contribution in [2.45, 2.75) is 19.3 Å². The molecule has 1 fully saturated rings. The molecule has 166 valence electrons. The molecule has 3 aromatic rings. The van der Waals surface area contributed by atoms with Gasteiger partial charge in [-0.25, -0.2) is 0 Å². The minimum absolute atomic E-state index is 0.351. The highest BCUT2D eigenvalue weighted by atomic mass is 16.5. The first-order valence-corrected chi connectivity index (χ1v) is 11.4. The van der Waals surface area contributed by atoms with Crippen LogP contribution in [-0.2, 0) is 9.59 Å². The summed E-state index contributed by atoms with van der Waals surface area (Å²) in [5.74, 6) is -1.87. The van der Waals surface area contributed by atoms with Crippen LogP contribution in [0.5, 0.6) is 5.75 Å². The predicted octanol–water partition coefficient (Wildman–Crippen LogP) is 5.16. The minimum atomic E-state index is -0.629. The lowest BCUT2D eigenvalue weighted by Crippen LogP contribution is -2.54. The van der Waals surface area contributed by atoms with Crippen LogP contribution in [0.3, 0.4) is 0 Å². The van der Waals surface area contributed by atoms with Gasteiger partial charge in [-0.05, 0) is 34.9 Å². The maximum Gasteiger partial charge on any atom is 0.520 e. The summed E-state index contributed by atoms with van der Waals surface area (Å²) < 4.78 is 5.99. The van der Waals surface area contributed by atoms with Gasteiger partial charge in [-0.15, -0.1) is 0 Å². The van der Waals surface area contributed by atoms with Gasteiger partial charge in [-0.1, -0.05) is 91.9 Å². The molecule has 2 aliphatic rings. The Hall–Kier alpha value is -3.66. The van der Waals surface area contributed by atoms with Gasteiger partial charge < -0.3 is 9.84 Å². The summed E-state index contributed by atoms with van der Waals surface area (Å²) in [6.45, 7) is 2.14. The largest absolute Gasteiger partial charge is 0.564 e. The van der Waals surface area contributed by atoms with Gasteiger partial charge in [0.1, 0.15) is 11.7 Å². The van der Waals surface area contributed by atoms with E-state index >= 15 is 0 Å². The van der Waals surface area contributed by atoms with E-state index in [1.165, 1.54) is 0 Å². The Morgan fingerprint density at radius 1 is 0.879 bits per heavy atom. The fourth-order valence-electron chi connectivity index (χ4n) is 5.32. The van der Waals surface area contributed by atoms with Gasteiger partial charge >= 0.3 is 11.9 Å². The normalized spacial score (nSPS) is 26.3. The molecule has 0 amide bonds. The Balaban J connectivity index is 1.53. The summed E-state index contributed by atoms with van der Waals surface area (Å²) in [4.78, 5) is 26.2. The van der Waals surface area contributed by atoms with Gasteiger partial charge in [0.15, 0.2) is 0 Å². The summed E-state index contributed by atoms with van der Waals surface area (Å²) >= 11 is 0. The minimum Gasteiger partial charge on any atom is -0.564 e. The highest BCUT2D eigenvalue weighted by Crippen LogP contribution is 2.56. The van der Waals surface area contributed by atoms with Crippen molar-refractivity contribution in [3.63, 3.8) is 0 Å². The lowest BCUT2D eigenvalue weighted by molar-refractivity contribution is -0.161. The number of benzene rings is 3. The maximum atomic E-state index is 13.7. The van der Waals surface area contributed by atoms with Crippen LogP contribution in [0, 0.1) is 23.7 Å². The van der Waals surface area contributed by atoms with E-state index in [1.54, 1.807) is 6.07 Å². The molecular weight excluding hydrogens is 412 g/mol. The molecule has 0 radical (unpaired) electrons. The number of carbonyl (C=O) groups is 2. The molecule has 0 saturated heterocycles. The number of ether oxygens (including phenoxy) is 1. The topological polar surface area (TPSA) is 66.3 Å². The van der Waals surface area contributed by atoms with E-state index in [0.717, 1.165) is 28.3 Å². The maximum absolute atomic E-state index is 13.7. The molecule has 5 atom stereocenters. The number of rotatable bonds is 5. The molecule has 0 aromatic heterocycles. The van der Waals surface area contributed by atoms with Gasteiger partial charge in [0.2, 0.25) is 0 Å². The fourth-order valence-corrected chi connectivity index (χ4v) is 5.32. The molecule has 0 spiro atoms. The smallest absolute Gasteiger partial charge is 0.520 e. The number of carbonyl (C=O) groups excluding carboxylic acids is 2. The molecule has 0 aliphatic heterocycles. The average molecular weight is 440 g/mol. The molecule has 2 aliphatic carbocycles. The third kappa shape index (κ3) is 3.86. The van der Waals surface area contributed by atoms with Crippen molar-refractivity contribution in [1.29, 1.82) is 0 Å². The van der Waals surface area contributed by atoms with Crippen molar-refractivity contribution in [2.75, 3.05) is 0 Å². The van der Waals surface area contributed by atoms with Crippen LogP contribution in [0.15, 0.2) is 96.6 Å². The van der Waals surface area contributed by atoms with Crippen LogP contribution >= 0.6 is 0 Å². The summed E-state index contributed by atoms with van der Waals surface area (Å²) in [7, 11) is 0. The summed E-state index contributed by atoms with van der Waals surface area (Å²) in [6.07, 6.45) is 7.12. The van der Waals surface area contributed by atoms with E-state index in [1.807, 2.05) is 72.8 Å². The molecule has 4 heteroatoms. The van der Waals surface area contributed by atoms with Crippen LogP contribution in [0.4, 0.5) is 0 Å². The van der Waals surface area contributed by atoms with Crippen molar-refractivity contribution < 1.29 is 19.4 Å². The van der Waals surface area contributed by atoms with Gasteiger partial charge in [-0.3, -0.25) is 4.79 Å². The second kappa shape index (κ2) is 8.70. The Morgan fingerprint density at radius 3 is 2.33 bits per heavy atom. The monoisotopic (exact) mass is 439 g/mol. The second-order valence-electron chi connectivity index (χ2n) is 9.05. The second-order valence-corrected chi connectivity index (χ2v) is 9.05. The van der Waals surface area contributed by atoms with Crippen molar-refractivity contribution in [2.24, 2.45) is 23.7 Å². The average Bonchev–Trinajstić information content (AvgIpc) is 2.80.